The van der Waals surface area contributed by atoms with Crippen LogP contribution in [0.15, 0.2) is 18.2 Å². The quantitative estimate of drug-likeness (QED) is 0.867. The number of carbonyl (C=O) groups is 1. The van der Waals surface area contributed by atoms with Crippen LogP contribution in [0.25, 0.3) is 0 Å². The second-order valence-corrected chi connectivity index (χ2v) is 6.18. The van der Waals surface area contributed by atoms with Crippen LogP contribution in [0, 0.1) is 0 Å². The third-order valence-corrected chi connectivity index (χ3v) is 4.44. The zero-order valence-electron chi connectivity index (χ0n) is 12.5. The first-order valence-electron chi connectivity index (χ1n) is 7.28. The molecular formula is C16H21NO4. The molecule has 1 aromatic carbocycles. The van der Waals surface area contributed by atoms with Crippen molar-refractivity contribution in [3.63, 3.8) is 0 Å². The lowest BCUT2D eigenvalue weighted by atomic mass is 9.92. The first-order chi connectivity index (χ1) is 10.0. The fourth-order valence-corrected chi connectivity index (χ4v) is 3.00. The minimum Gasteiger partial charge on any atom is -0.493 e. The van der Waals surface area contributed by atoms with E-state index >= 15 is 0 Å². The summed E-state index contributed by atoms with van der Waals surface area (Å²) in [7, 11) is 3.68. The van der Waals surface area contributed by atoms with Crippen LogP contribution in [0.4, 0.5) is 0 Å². The molecule has 0 spiro atoms. The van der Waals surface area contributed by atoms with Crippen molar-refractivity contribution < 1.29 is 19.4 Å². The van der Waals surface area contributed by atoms with E-state index in [1.165, 1.54) is 0 Å². The highest BCUT2D eigenvalue weighted by Crippen LogP contribution is 2.52. The maximum absolute atomic E-state index is 11.0. The number of likely N-dealkylation sites (tertiary alicyclic amines) is 1. The maximum Gasteiger partial charge on any atom is 0.304 e. The van der Waals surface area contributed by atoms with Crippen LogP contribution in [-0.2, 0) is 10.2 Å². The Hall–Kier alpha value is -1.75. The number of ether oxygens (including phenoxy) is 2. The number of hydrogen-bond acceptors (Lipinski definition) is 4. The number of benzene rings is 1. The molecular weight excluding hydrogens is 270 g/mol. The number of methoxy groups -OCH3 is 1. The molecule has 1 heterocycles. The van der Waals surface area contributed by atoms with Gasteiger partial charge < -0.3 is 14.6 Å². The largest absolute Gasteiger partial charge is 0.493 e. The highest BCUT2D eigenvalue weighted by molar-refractivity contribution is 5.70. The smallest absolute Gasteiger partial charge is 0.304 e. The van der Waals surface area contributed by atoms with Crippen molar-refractivity contribution in [3.05, 3.63) is 23.8 Å². The van der Waals surface area contributed by atoms with E-state index in [0.29, 0.717) is 5.75 Å². The molecule has 1 aliphatic carbocycles. The van der Waals surface area contributed by atoms with Gasteiger partial charge in [0.2, 0.25) is 0 Å². The van der Waals surface area contributed by atoms with Crippen LogP contribution in [0.5, 0.6) is 11.5 Å². The molecule has 5 heteroatoms. The van der Waals surface area contributed by atoms with Gasteiger partial charge in [0.1, 0.15) is 6.10 Å². The zero-order chi connectivity index (χ0) is 15.0. The number of likely N-dealkylation sites (N-methyl/N-ethyl adjacent to an activating group) is 1. The van der Waals surface area contributed by atoms with Gasteiger partial charge in [-0.2, -0.15) is 0 Å². The van der Waals surface area contributed by atoms with Gasteiger partial charge in [-0.1, -0.05) is 6.07 Å². The molecule has 1 N–H and O–H groups in total. The Labute approximate surface area is 124 Å². The SMILES string of the molecule is COc1ccc(C2(CC(=O)O)CC2)cc1OC1CN(C)C1. The van der Waals surface area contributed by atoms with Crippen molar-refractivity contribution in [1.82, 2.24) is 4.90 Å². The second-order valence-electron chi connectivity index (χ2n) is 6.18. The van der Waals surface area contributed by atoms with Gasteiger partial charge >= 0.3 is 5.97 Å². The maximum atomic E-state index is 11.0. The zero-order valence-corrected chi connectivity index (χ0v) is 12.5. The Morgan fingerprint density at radius 2 is 2.10 bits per heavy atom. The van der Waals surface area contributed by atoms with Crippen LogP contribution in [0.3, 0.4) is 0 Å². The van der Waals surface area contributed by atoms with Crippen LogP contribution in [0.2, 0.25) is 0 Å². The average Bonchev–Trinajstić information content (AvgIpc) is 3.17. The summed E-state index contributed by atoms with van der Waals surface area (Å²) in [6.45, 7) is 1.82. The number of nitrogens with zero attached hydrogens (tertiary/aromatic N) is 1. The van der Waals surface area contributed by atoms with E-state index in [1.54, 1.807) is 7.11 Å². The molecule has 0 aromatic heterocycles. The molecule has 0 atom stereocenters. The fraction of sp³-hybridized carbons (Fsp3) is 0.562. The summed E-state index contributed by atoms with van der Waals surface area (Å²) < 4.78 is 11.4. The molecule has 1 aliphatic heterocycles. The van der Waals surface area contributed by atoms with Gasteiger partial charge in [0, 0.05) is 18.5 Å². The number of hydrogen-bond donors (Lipinski definition) is 1. The molecule has 0 bridgehead atoms. The third-order valence-electron chi connectivity index (χ3n) is 4.44. The van der Waals surface area contributed by atoms with Crippen LogP contribution >= 0.6 is 0 Å². The highest BCUT2D eigenvalue weighted by atomic mass is 16.5. The molecule has 0 radical (unpaired) electrons. The molecule has 5 nitrogen and oxygen atoms in total. The highest BCUT2D eigenvalue weighted by Gasteiger charge is 2.46. The van der Waals surface area contributed by atoms with Gasteiger partial charge in [-0.15, -0.1) is 0 Å². The lowest BCUT2D eigenvalue weighted by molar-refractivity contribution is -0.137. The lowest BCUT2D eigenvalue weighted by Gasteiger charge is -2.36. The summed E-state index contributed by atoms with van der Waals surface area (Å²) in [5.74, 6) is 0.690. The number of carboxylic acid groups (broad SMARTS) is 1. The van der Waals surface area contributed by atoms with Gasteiger partial charge in [-0.3, -0.25) is 9.69 Å². The van der Waals surface area contributed by atoms with Crippen molar-refractivity contribution in [2.24, 2.45) is 0 Å². The van der Waals surface area contributed by atoms with E-state index in [2.05, 4.69) is 11.9 Å². The van der Waals surface area contributed by atoms with E-state index in [4.69, 9.17) is 14.6 Å². The Kier molecular flexibility index (Phi) is 3.53. The number of carboxylic acids is 1. The van der Waals surface area contributed by atoms with E-state index in [1.807, 2.05) is 18.2 Å². The Morgan fingerprint density at radius 3 is 2.62 bits per heavy atom. The first-order valence-corrected chi connectivity index (χ1v) is 7.28. The van der Waals surface area contributed by atoms with E-state index in [9.17, 15) is 4.79 Å². The minimum atomic E-state index is -0.744. The van der Waals surface area contributed by atoms with Crippen molar-refractivity contribution in [2.75, 3.05) is 27.2 Å². The van der Waals surface area contributed by atoms with E-state index in [-0.39, 0.29) is 17.9 Å². The van der Waals surface area contributed by atoms with Crippen molar-refractivity contribution in [2.45, 2.75) is 30.8 Å². The predicted molar refractivity (Wildman–Crippen MR) is 78.1 cm³/mol. The molecule has 2 fully saturated rings. The van der Waals surface area contributed by atoms with Crippen LogP contribution < -0.4 is 9.47 Å². The molecule has 1 aromatic rings. The molecule has 21 heavy (non-hydrogen) atoms. The molecule has 0 unspecified atom stereocenters. The van der Waals surface area contributed by atoms with Crippen molar-refractivity contribution in [1.29, 1.82) is 0 Å². The summed E-state index contributed by atoms with van der Waals surface area (Å²) >= 11 is 0. The van der Waals surface area contributed by atoms with Crippen molar-refractivity contribution >= 4 is 5.97 Å². The molecule has 1 saturated carbocycles. The Bertz CT molecular complexity index is 547. The molecule has 114 valence electrons. The minimum absolute atomic E-state index is 0.185. The second kappa shape index (κ2) is 5.22. The number of aliphatic carboxylic acids is 1. The van der Waals surface area contributed by atoms with Crippen LogP contribution in [0.1, 0.15) is 24.8 Å². The third kappa shape index (κ3) is 2.83. The summed E-state index contributed by atoms with van der Waals surface area (Å²) in [5, 5.41) is 9.08. The topological polar surface area (TPSA) is 59.0 Å². The Morgan fingerprint density at radius 1 is 1.38 bits per heavy atom. The summed E-state index contributed by atoms with van der Waals surface area (Å²) in [6, 6.07) is 5.82. The standard InChI is InChI=1S/C16H21NO4/c1-17-9-12(10-17)21-14-7-11(3-4-13(14)20-2)16(5-6-16)8-15(18)19/h3-4,7,12H,5-6,8-10H2,1-2H3,(H,18,19). The fourth-order valence-electron chi connectivity index (χ4n) is 3.00. The summed E-state index contributed by atoms with van der Waals surface area (Å²) in [6.07, 6.45) is 2.23. The predicted octanol–water partition coefficient (Wildman–Crippen LogP) is 1.89. The molecule has 1 saturated heterocycles. The molecule has 3 rings (SSSR count). The van der Waals surface area contributed by atoms with Gasteiger partial charge in [-0.05, 0) is 37.6 Å². The molecule has 0 amide bonds. The van der Waals surface area contributed by atoms with Gasteiger partial charge in [-0.25, -0.2) is 0 Å². The van der Waals surface area contributed by atoms with Gasteiger partial charge in [0.15, 0.2) is 11.5 Å². The normalized spacial score (nSPS) is 20.7. The van der Waals surface area contributed by atoms with E-state index in [0.717, 1.165) is 37.2 Å². The van der Waals surface area contributed by atoms with Crippen molar-refractivity contribution in [3.8, 4) is 11.5 Å². The monoisotopic (exact) mass is 291 g/mol. The summed E-state index contributed by atoms with van der Waals surface area (Å²) in [4.78, 5) is 13.2. The van der Waals surface area contributed by atoms with Gasteiger partial charge in [0.05, 0.1) is 13.5 Å². The van der Waals surface area contributed by atoms with Crippen LogP contribution in [-0.4, -0.2) is 49.3 Å². The average molecular weight is 291 g/mol. The van der Waals surface area contributed by atoms with Gasteiger partial charge in [0.25, 0.3) is 0 Å². The molecule has 2 aliphatic rings. The van der Waals surface area contributed by atoms with E-state index < -0.39 is 5.97 Å². The number of rotatable bonds is 6. The first kappa shape index (κ1) is 14.2. The Balaban J connectivity index is 1.81. The lowest BCUT2D eigenvalue weighted by Crippen LogP contribution is -2.51. The summed E-state index contributed by atoms with van der Waals surface area (Å²) in [5.41, 5.74) is 0.848.